The van der Waals surface area contributed by atoms with Gasteiger partial charge in [-0.15, -0.1) is 0 Å². The number of nitriles is 1. The first kappa shape index (κ1) is 25.4. The monoisotopic (exact) mass is 525 g/mol. The zero-order valence-electron chi connectivity index (χ0n) is 22.5. The van der Waals surface area contributed by atoms with E-state index >= 15 is 0 Å². The van der Waals surface area contributed by atoms with Crippen LogP contribution >= 0.6 is 0 Å². The Balaban J connectivity index is 1.03. The lowest BCUT2D eigenvalue weighted by Gasteiger charge is -2.38. The number of nitrogens with zero attached hydrogens (tertiary/aromatic N) is 6. The van der Waals surface area contributed by atoms with Crippen LogP contribution < -0.4 is 15.1 Å². The Bertz CT molecular complexity index is 1410. The number of piperidine rings is 2. The summed E-state index contributed by atoms with van der Waals surface area (Å²) in [5, 5.41) is 17.0. The zero-order valence-corrected chi connectivity index (χ0v) is 22.5. The number of likely N-dealkylation sites (tertiary alicyclic amines) is 1. The Kier molecular flexibility index (Phi) is 6.96. The normalized spacial score (nSPS) is 19.9. The highest BCUT2D eigenvalue weighted by atomic mass is 16.2. The van der Waals surface area contributed by atoms with Crippen molar-refractivity contribution in [3.8, 4) is 6.07 Å². The van der Waals surface area contributed by atoms with E-state index in [0.29, 0.717) is 23.8 Å². The third-order valence-corrected chi connectivity index (χ3v) is 8.72. The summed E-state index contributed by atoms with van der Waals surface area (Å²) in [6.07, 6.45) is 5.01. The average molecular weight is 526 g/mol. The number of imide groups is 1. The predicted octanol–water partition coefficient (Wildman–Crippen LogP) is 3.99. The van der Waals surface area contributed by atoms with Crippen molar-refractivity contribution in [1.29, 1.82) is 5.26 Å². The number of rotatable bonds is 5. The second-order valence-electron chi connectivity index (χ2n) is 11.1. The van der Waals surface area contributed by atoms with Crippen LogP contribution in [-0.4, -0.2) is 65.9 Å². The van der Waals surface area contributed by atoms with Gasteiger partial charge in [0.1, 0.15) is 0 Å². The summed E-state index contributed by atoms with van der Waals surface area (Å²) in [6, 6.07) is 16.3. The molecule has 0 saturated carbocycles. The van der Waals surface area contributed by atoms with Crippen molar-refractivity contribution in [2.45, 2.75) is 38.0 Å². The van der Waals surface area contributed by atoms with E-state index in [1.54, 1.807) is 4.90 Å². The SMILES string of the molecule is Cn1nc(N2CCC(=O)NC2=O)c2ccc(C3CCN(CC4CCN(c5ccc(C#N)cc5)CC4)CC3)cc21. The number of hydrogen-bond donors (Lipinski definition) is 1. The number of urea groups is 1. The molecule has 3 fully saturated rings. The Morgan fingerprint density at radius 3 is 2.41 bits per heavy atom. The van der Waals surface area contributed by atoms with Crippen LogP contribution in [-0.2, 0) is 11.8 Å². The molecule has 4 heterocycles. The van der Waals surface area contributed by atoms with Crippen molar-refractivity contribution < 1.29 is 9.59 Å². The molecule has 3 aliphatic rings. The Morgan fingerprint density at radius 2 is 1.72 bits per heavy atom. The smallest absolute Gasteiger partial charge is 0.329 e. The lowest BCUT2D eigenvalue weighted by molar-refractivity contribution is -0.120. The second-order valence-corrected chi connectivity index (χ2v) is 11.1. The fraction of sp³-hybridized carbons (Fsp3) is 0.467. The summed E-state index contributed by atoms with van der Waals surface area (Å²) >= 11 is 0. The molecule has 1 N–H and O–H groups in total. The number of anilines is 2. The van der Waals surface area contributed by atoms with E-state index < -0.39 is 6.03 Å². The minimum atomic E-state index is -0.400. The van der Waals surface area contributed by atoms with Gasteiger partial charge in [0.25, 0.3) is 0 Å². The largest absolute Gasteiger partial charge is 0.372 e. The minimum Gasteiger partial charge on any atom is -0.372 e. The highest BCUT2D eigenvalue weighted by molar-refractivity contribution is 6.08. The molecule has 202 valence electrons. The maximum atomic E-state index is 12.4. The standard InChI is InChI=1S/C30H35N7O2/c1-34-27-18-24(4-7-26(27)29(33-34)37-17-12-28(38)32-30(37)39)23-10-13-35(14-11-23)20-22-8-15-36(16-9-22)25-5-2-21(19-31)3-6-25/h2-7,18,22-23H,8-17,20H2,1H3,(H,32,38,39). The summed E-state index contributed by atoms with van der Waals surface area (Å²) < 4.78 is 1.84. The summed E-state index contributed by atoms with van der Waals surface area (Å²) in [5.41, 5.74) is 4.29. The fourth-order valence-corrected chi connectivity index (χ4v) is 6.41. The molecule has 0 radical (unpaired) electrons. The van der Waals surface area contributed by atoms with Crippen molar-refractivity contribution in [3.05, 3.63) is 53.6 Å². The first-order chi connectivity index (χ1) is 19.0. The van der Waals surface area contributed by atoms with E-state index in [1.807, 2.05) is 23.9 Å². The van der Waals surface area contributed by atoms with Crippen LogP contribution in [0.25, 0.3) is 10.9 Å². The lowest BCUT2D eigenvalue weighted by Crippen LogP contribution is -2.49. The molecular formula is C30H35N7O2. The van der Waals surface area contributed by atoms with Crippen molar-refractivity contribution in [3.63, 3.8) is 0 Å². The van der Waals surface area contributed by atoms with Gasteiger partial charge in [-0.25, -0.2) is 4.79 Å². The molecule has 0 unspecified atom stereocenters. The van der Waals surface area contributed by atoms with Crippen molar-refractivity contribution in [1.82, 2.24) is 20.0 Å². The van der Waals surface area contributed by atoms with Gasteiger partial charge in [0, 0.05) is 50.7 Å². The summed E-state index contributed by atoms with van der Waals surface area (Å²) in [4.78, 5) is 30.6. The highest BCUT2D eigenvalue weighted by Crippen LogP contribution is 2.34. The molecule has 0 aliphatic carbocycles. The van der Waals surface area contributed by atoms with Gasteiger partial charge in [-0.1, -0.05) is 6.07 Å². The molecule has 6 rings (SSSR count). The molecule has 3 amide bonds. The molecule has 9 nitrogen and oxygen atoms in total. The second kappa shape index (κ2) is 10.7. The number of nitrogens with one attached hydrogen (secondary N) is 1. The number of benzene rings is 2. The molecule has 0 spiro atoms. The fourth-order valence-electron chi connectivity index (χ4n) is 6.41. The number of aromatic nitrogens is 2. The summed E-state index contributed by atoms with van der Waals surface area (Å²) in [7, 11) is 1.91. The van der Waals surface area contributed by atoms with Gasteiger partial charge in [-0.05, 0) is 92.6 Å². The summed E-state index contributed by atoms with van der Waals surface area (Å²) in [5.74, 6) is 1.64. The first-order valence-corrected chi connectivity index (χ1v) is 14.0. The number of carbonyl (C=O) groups is 2. The van der Waals surface area contributed by atoms with Crippen LogP contribution in [0.3, 0.4) is 0 Å². The van der Waals surface area contributed by atoms with Crippen LogP contribution in [0.5, 0.6) is 0 Å². The van der Waals surface area contributed by atoms with E-state index in [9.17, 15) is 9.59 Å². The Morgan fingerprint density at radius 1 is 0.974 bits per heavy atom. The zero-order chi connectivity index (χ0) is 26.9. The van der Waals surface area contributed by atoms with Crippen LogP contribution in [0.15, 0.2) is 42.5 Å². The minimum absolute atomic E-state index is 0.237. The quantitative estimate of drug-likeness (QED) is 0.541. The van der Waals surface area contributed by atoms with Gasteiger partial charge >= 0.3 is 6.03 Å². The van der Waals surface area contributed by atoms with Crippen molar-refractivity contribution >= 4 is 34.3 Å². The van der Waals surface area contributed by atoms with Gasteiger partial charge < -0.3 is 9.80 Å². The number of amides is 3. The van der Waals surface area contributed by atoms with Crippen molar-refractivity contribution in [2.24, 2.45) is 13.0 Å². The van der Waals surface area contributed by atoms with E-state index in [0.717, 1.165) is 55.8 Å². The Labute approximate surface area is 229 Å². The third kappa shape index (κ3) is 5.21. The molecule has 3 saturated heterocycles. The third-order valence-electron chi connectivity index (χ3n) is 8.72. The van der Waals surface area contributed by atoms with Crippen LogP contribution in [0.1, 0.15) is 49.1 Å². The number of fused-ring (bicyclic) bond motifs is 1. The van der Waals surface area contributed by atoms with E-state index in [-0.39, 0.29) is 12.3 Å². The van der Waals surface area contributed by atoms with Gasteiger partial charge in [0.05, 0.1) is 17.1 Å². The maximum Gasteiger partial charge on any atom is 0.329 e. The highest BCUT2D eigenvalue weighted by Gasteiger charge is 2.29. The van der Waals surface area contributed by atoms with Crippen LogP contribution in [0, 0.1) is 17.2 Å². The lowest BCUT2D eigenvalue weighted by atomic mass is 9.88. The van der Waals surface area contributed by atoms with Gasteiger partial charge in [-0.3, -0.25) is 19.7 Å². The van der Waals surface area contributed by atoms with Crippen LogP contribution in [0.2, 0.25) is 0 Å². The predicted molar refractivity (Wildman–Crippen MR) is 151 cm³/mol. The molecule has 0 bridgehead atoms. The topological polar surface area (TPSA) is 97.5 Å². The van der Waals surface area contributed by atoms with E-state index in [1.165, 1.54) is 30.6 Å². The number of carbonyl (C=O) groups excluding carboxylic acids is 2. The van der Waals surface area contributed by atoms with E-state index in [4.69, 9.17) is 5.26 Å². The number of hydrogen-bond acceptors (Lipinski definition) is 6. The molecule has 39 heavy (non-hydrogen) atoms. The van der Waals surface area contributed by atoms with Crippen LogP contribution in [0.4, 0.5) is 16.3 Å². The maximum absolute atomic E-state index is 12.4. The number of aryl methyl sites for hydroxylation is 1. The molecule has 3 aromatic rings. The molecule has 2 aromatic carbocycles. The molecule has 9 heteroatoms. The molecular weight excluding hydrogens is 490 g/mol. The first-order valence-electron chi connectivity index (χ1n) is 14.0. The molecule has 0 atom stereocenters. The van der Waals surface area contributed by atoms with Gasteiger partial charge in [-0.2, -0.15) is 10.4 Å². The summed E-state index contributed by atoms with van der Waals surface area (Å²) in [6.45, 7) is 5.93. The molecule has 1 aromatic heterocycles. The van der Waals surface area contributed by atoms with E-state index in [2.05, 4.69) is 56.6 Å². The average Bonchev–Trinajstić information content (AvgIpc) is 3.29. The van der Waals surface area contributed by atoms with Gasteiger partial charge in [0.2, 0.25) is 5.91 Å². The van der Waals surface area contributed by atoms with Crippen molar-refractivity contribution in [2.75, 3.05) is 49.1 Å². The van der Waals surface area contributed by atoms with Gasteiger partial charge in [0.15, 0.2) is 5.82 Å². The Hall–Kier alpha value is -3.90. The molecule has 3 aliphatic heterocycles.